The van der Waals surface area contributed by atoms with E-state index in [4.69, 9.17) is 22.3 Å². The van der Waals surface area contributed by atoms with Gasteiger partial charge in [-0.3, -0.25) is 0 Å². The minimum absolute atomic E-state index is 0.403. The summed E-state index contributed by atoms with van der Waals surface area (Å²) in [6.07, 6.45) is 11.7. The lowest BCUT2D eigenvalue weighted by atomic mass is 9.91. The third kappa shape index (κ3) is 5.27. The fourth-order valence-electron chi connectivity index (χ4n) is 6.70. The second kappa shape index (κ2) is 12.4. The highest BCUT2D eigenvalue weighted by molar-refractivity contribution is 6.10. The summed E-state index contributed by atoms with van der Waals surface area (Å²) in [7, 11) is 0. The highest BCUT2D eigenvalue weighted by Crippen LogP contribution is 2.46. The molecule has 0 amide bonds. The van der Waals surface area contributed by atoms with E-state index in [2.05, 4.69) is 121 Å². The highest BCUT2D eigenvalue weighted by Gasteiger charge is 2.20. The number of fused-ring (bicyclic) bond motifs is 4. The van der Waals surface area contributed by atoms with E-state index in [1.165, 1.54) is 21.5 Å². The van der Waals surface area contributed by atoms with Gasteiger partial charge in [0.05, 0.1) is 0 Å². The van der Waals surface area contributed by atoms with E-state index in [0.29, 0.717) is 13.2 Å². The van der Waals surface area contributed by atoms with Crippen LogP contribution in [0.4, 0.5) is 0 Å². The van der Waals surface area contributed by atoms with Gasteiger partial charge in [0, 0.05) is 22.3 Å². The van der Waals surface area contributed by atoms with Gasteiger partial charge >= 0.3 is 0 Å². The molecule has 0 saturated heterocycles. The van der Waals surface area contributed by atoms with Crippen LogP contribution in [0.15, 0.2) is 146 Å². The van der Waals surface area contributed by atoms with Crippen LogP contribution in [0, 0.1) is 24.7 Å². The number of hydrogen-bond donors (Lipinski definition) is 0. The molecule has 8 aromatic rings. The molecule has 0 aliphatic rings. The Hall–Kier alpha value is -6.48. The average Bonchev–Trinajstić information content (AvgIpc) is 3.15. The first kappa shape index (κ1) is 29.0. The third-order valence-electron chi connectivity index (χ3n) is 9.07. The van der Waals surface area contributed by atoms with Crippen LogP contribution in [0.25, 0.3) is 54.2 Å². The maximum absolute atomic E-state index is 6.79. The standard InChI is InChI=1S/C46H30O2/c1-3-31-19-23-41-35(27-31)21-25-43(47-29-37-15-9-13-33-11-5-7-17-39(33)37)45(41)46-42-24-20-32(4-2)28-36(42)22-26-44(46)48-30-38-16-10-14-34-12-6-8-18-40(34)38/h1-2,5-28H,29-30H2. The minimum Gasteiger partial charge on any atom is -0.488 e. The average molecular weight is 615 g/mol. The molecule has 0 unspecified atom stereocenters. The summed E-state index contributed by atoms with van der Waals surface area (Å²) in [6, 6.07) is 50.0. The monoisotopic (exact) mass is 614 g/mol. The molecule has 48 heavy (non-hydrogen) atoms. The van der Waals surface area contributed by atoms with Crippen molar-refractivity contribution in [1.29, 1.82) is 0 Å². The Morgan fingerprint density at radius 1 is 0.396 bits per heavy atom. The molecule has 0 heterocycles. The zero-order chi connectivity index (χ0) is 32.5. The normalized spacial score (nSPS) is 11.0. The first-order valence-electron chi connectivity index (χ1n) is 16.0. The molecule has 0 N–H and O–H groups in total. The molecule has 0 atom stereocenters. The molecule has 0 saturated carbocycles. The molecule has 0 radical (unpaired) electrons. The molecular formula is C46H30O2. The van der Waals surface area contributed by atoms with Crippen LogP contribution in [0.2, 0.25) is 0 Å². The van der Waals surface area contributed by atoms with Crippen LogP contribution in [0.3, 0.4) is 0 Å². The summed E-state index contributed by atoms with van der Waals surface area (Å²) in [5.74, 6) is 7.09. The first-order chi connectivity index (χ1) is 23.7. The maximum atomic E-state index is 6.79. The second-order valence-electron chi connectivity index (χ2n) is 11.9. The summed E-state index contributed by atoms with van der Waals surface area (Å²) >= 11 is 0. The van der Waals surface area contributed by atoms with Crippen molar-refractivity contribution in [3.63, 3.8) is 0 Å². The Labute approximate surface area is 280 Å². The van der Waals surface area contributed by atoms with Crippen LogP contribution in [0.5, 0.6) is 11.5 Å². The predicted molar refractivity (Wildman–Crippen MR) is 199 cm³/mol. The van der Waals surface area contributed by atoms with Crippen LogP contribution in [-0.2, 0) is 13.2 Å². The lowest BCUT2D eigenvalue weighted by Gasteiger charge is -2.20. The molecule has 8 aromatic carbocycles. The van der Waals surface area contributed by atoms with Gasteiger partial charge in [-0.25, -0.2) is 0 Å². The largest absolute Gasteiger partial charge is 0.488 e. The second-order valence-corrected chi connectivity index (χ2v) is 11.9. The van der Waals surface area contributed by atoms with Crippen LogP contribution >= 0.6 is 0 Å². The van der Waals surface area contributed by atoms with Gasteiger partial charge in [0.2, 0.25) is 0 Å². The topological polar surface area (TPSA) is 18.5 Å². The fourth-order valence-corrected chi connectivity index (χ4v) is 6.70. The zero-order valence-electron chi connectivity index (χ0n) is 26.2. The van der Waals surface area contributed by atoms with Gasteiger partial charge in [0.25, 0.3) is 0 Å². The van der Waals surface area contributed by atoms with Crippen molar-refractivity contribution in [2.75, 3.05) is 0 Å². The van der Waals surface area contributed by atoms with Gasteiger partial charge in [-0.05, 0) is 90.6 Å². The van der Waals surface area contributed by atoms with E-state index in [0.717, 1.165) is 66.4 Å². The number of benzene rings is 8. The maximum Gasteiger partial charge on any atom is 0.128 e. The third-order valence-corrected chi connectivity index (χ3v) is 9.07. The van der Waals surface area contributed by atoms with E-state index in [-0.39, 0.29) is 0 Å². The van der Waals surface area contributed by atoms with Crippen molar-refractivity contribution in [2.24, 2.45) is 0 Å². The Bertz CT molecular complexity index is 2400. The number of terminal acetylenes is 2. The lowest BCUT2D eigenvalue weighted by Crippen LogP contribution is -2.02. The molecule has 0 aromatic heterocycles. The molecule has 0 bridgehead atoms. The number of ether oxygens (including phenoxy) is 2. The molecule has 226 valence electrons. The zero-order valence-corrected chi connectivity index (χ0v) is 26.2. The smallest absolute Gasteiger partial charge is 0.128 e. The Balaban J connectivity index is 1.32. The lowest BCUT2D eigenvalue weighted by molar-refractivity contribution is 0.305. The summed E-state index contributed by atoms with van der Waals surface area (Å²) < 4.78 is 13.6. The van der Waals surface area contributed by atoms with E-state index < -0.39 is 0 Å². The number of hydrogen-bond acceptors (Lipinski definition) is 2. The number of rotatable bonds is 7. The van der Waals surface area contributed by atoms with Crippen LogP contribution in [0.1, 0.15) is 22.3 Å². The van der Waals surface area contributed by atoms with Gasteiger partial charge in [-0.15, -0.1) is 12.8 Å². The van der Waals surface area contributed by atoms with E-state index in [1.807, 2.05) is 36.4 Å². The molecule has 0 fully saturated rings. The Kier molecular flexibility index (Phi) is 7.46. The Morgan fingerprint density at radius 2 is 0.833 bits per heavy atom. The predicted octanol–water partition coefficient (Wildman–Crippen LogP) is 11.1. The van der Waals surface area contributed by atoms with Crippen LogP contribution in [-0.4, -0.2) is 0 Å². The molecule has 0 aliphatic heterocycles. The quantitative estimate of drug-likeness (QED) is 0.166. The van der Waals surface area contributed by atoms with E-state index in [1.54, 1.807) is 0 Å². The summed E-state index contributed by atoms with van der Waals surface area (Å²) in [5.41, 5.74) is 5.77. The molecule has 2 heteroatoms. The van der Waals surface area contributed by atoms with Gasteiger partial charge in [-0.2, -0.15) is 0 Å². The highest BCUT2D eigenvalue weighted by atomic mass is 16.5. The molecule has 0 aliphatic carbocycles. The molecule has 2 nitrogen and oxygen atoms in total. The van der Waals surface area contributed by atoms with Crippen molar-refractivity contribution in [1.82, 2.24) is 0 Å². The van der Waals surface area contributed by atoms with Gasteiger partial charge in [-0.1, -0.05) is 121 Å². The first-order valence-corrected chi connectivity index (χ1v) is 16.0. The molecule has 0 spiro atoms. The Morgan fingerprint density at radius 3 is 1.29 bits per heavy atom. The van der Waals surface area contributed by atoms with Crippen molar-refractivity contribution < 1.29 is 9.47 Å². The van der Waals surface area contributed by atoms with Gasteiger partial charge in [0.1, 0.15) is 24.7 Å². The van der Waals surface area contributed by atoms with Crippen molar-refractivity contribution in [2.45, 2.75) is 13.2 Å². The van der Waals surface area contributed by atoms with Crippen LogP contribution < -0.4 is 9.47 Å². The molecular weight excluding hydrogens is 585 g/mol. The van der Waals surface area contributed by atoms with Crippen molar-refractivity contribution in [3.05, 3.63) is 168 Å². The van der Waals surface area contributed by atoms with E-state index in [9.17, 15) is 0 Å². The summed E-state index contributed by atoms with van der Waals surface area (Å²) in [4.78, 5) is 0. The fraction of sp³-hybridized carbons (Fsp3) is 0.0435. The summed E-state index contributed by atoms with van der Waals surface area (Å²) in [5, 5.41) is 8.80. The van der Waals surface area contributed by atoms with Gasteiger partial charge in [0.15, 0.2) is 0 Å². The molecule has 8 rings (SSSR count). The summed E-state index contributed by atoms with van der Waals surface area (Å²) in [6.45, 7) is 0.807. The van der Waals surface area contributed by atoms with Gasteiger partial charge < -0.3 is 9.47 Å². The van der Waals surface area contributed by atoms with E-state index >= 15 is 0 Å². The SMILES string of the molecule is C#Cc1ccc2c(-c3c(OCc4cccc5ccccc45)ccc4cc(C#C)ccc34)c(OCc3cccc4ccccc34)ccc2c1. The van der Waals surface area contributed by atoms with Crippen molar-refractivity contribution >= 4 is 43.1 Å². The minimum atomic E-state index is 0.403. The van der Waals surface area contributed by atoms with Crippen molar-refractivity contribution in [3.8, 4) is 47.3 Å².